The van der Waals surface area contributed by atoms with Gasteiger partial charge in [-0.05, 0) is 25.7 Å². The van der Waals surface area contributed by atoms with Gasteiger partial charge in [-0.15, -0.1) is 0 Å². The summed E-state index contributed by atoms with van der Waals surface area (Å²) in [5.74, 6) is -2.43. The lowest BCUT2D eigenvalue weighted by atomic mass is 10.1. The highest BCUT2D eigenvalue weighted by atomic mass is 16.2. The van der Waals surface area contributed by atoms with Crippen LogP contribution in [0.3, 0.4) is 0 Å². The summed E-state index contributed by atoms with van der Waals surface area (Å²) in [6, 6.07) is -2.90. The van der Waals surface area contributed by atoms with Crippen molar-refractivity contribution in [1.29, 1.82) is 0 Å². The van der Waals surface area contributed by atoms with Crippen molar-refractivity contribution in [1.82, 2.24) is 15.5 Å². The van der Waals surface area contributed by atoms with Crippen LogP contribution in [0.25, 0.3) is 0 Å². The van der Waals surface area contributed by atoms with E-state index in [-0.39, 0.29) is 31.9 Å². The van der Waals surface area contributed by atoms with E-state index in [0.717, 1.165) is 0 Å². The maximum atomic E-state index is 12.8. The lowest BCUT2D eigenvalue weighted by Gasteiger charge is -2.28. The molecule has 0 spiro atoms. The van der Waals surface area contributed by atoms with Gasteiger partial charge in [0.1, 0.15) is 18.4 Å². The van der Waals surface area contributed by atoms with E-state index in [1.165, 1.54) is 4.90 Å². The van der Waals surface area contributed by atoms with Gasteiger partial charge in [0.05, 0.1) is 19.0 Å². The molecule has 0 radical (unpaired) electrons. The molecule has 0 aromatic heterocycles. The molecule has 1 heterocycles. The Balaban J connectivity index is 2.80. The van der Waals surface area contributed by atoms with Gasteiger partial charge in [0.25, 0.3) is 0 Å². The monoisotopic (exact) mass is 426 g/mol. The van der Waals surface area contributed by atoms with Gasteiger partial charge in [0.2, 0.25) is 23.6 Å². The second-order valence-electron chi connectivity index (χ2n) is 6.89. The van der Waals surface area contributed by atoms with Crippen LogP contribution in [-0.2, 0) is 24.0 Å². The zero-order valence-corrected chi connectivity index (χ0v) is 16.7. The number of aldehydes is 1. The quantitative estimate of drug-likeness (QED) is 0.0778. The molecule has 30 heavy (non-hydrogen) atoms. The molecule has 1 aliphatic heterocycles. The summed E-state index contributed by atoms with van der Waals surface area (Å²) in [7, 11) is 0. The van der Waals surface area contributed by atoms with Crippen molar-refractivity contribution in [2.75, 3.05) is 19.6 Å². The third-order valence-electron chi connectivity index (χ3n) is 4.51. The Morgan fingerprint density at radius 1 is 1.20 bits per heavy atom. The van der Waals surface area contributed by atoms with Crippen LogP contribution in [0.4, 0.5) is 0 Å². The standard InChI is InChI=1S/C17H30N8O5/c18-10(9-13(19)27)16(30)25-7-2-4-12(25)15(29)24-11(14(28)22-6-8-26)3-1-5-23-17(20)21/h8,10-12H,1-7,9,18H2,(H2,19,27)(H,22,28)(H,24,29)(H4,20,21,23)/t10-,11-,12-/m0/s1. The van der Waals surface area contributed by atoms with Crippen molar-refractivity contribution in [3.8, 4) is 0 Å². The first-order valence-electron chi connectivity index (χ1n) is 9.58. The van der Waals surface area contributed by atoms with Gasteiger partial charge in [-0.25, -0.2) is 0 Å². The molecule has 1 fully saturated rings. The molecule has 4 amide bonds. The number of aliphatic imine (C=N–C) groups is 1. The highest BCUT2D eigenvalue weighted by Crippen LogP contribution is 2.19. The number of nitrogens with one attached hydrogen (secondary N) is 2. The van der Waals surface area contributed by atoms with Crippen molar-refractivity contribution in [3.05, 3.63) is 0 Å². The normalized spacial score (nSPS) is 17.5. The Morgan fingerprint density at radius 3 is 2.50 bits per heavy atom. The van der Waals surface area contributed by atoms with Crippen molar-refractivity contribution in [2.24, 2.45) is 27.9 Å². The minimum atomic E-state index is -1.14. The molecule has 13 heteroatoms. The van der Waals surface area contributed by atoms with Crippen LogP contribution in [0.1, 0.15) is 32.1 Å². The third kappa shape index (κ3) is 8.03. The van der Waals surface area contributed by atoms with Crippen molar-refractivity contribution in [2.45, 2.75) is 50.2 Å². The summed E-state index contributed by atoms with van der Waals surface area (Å²) >= 11 is 0. The number of primary amides is 1. The summed E-state index contributed by atoms with van der Waals surface area (Å²) in [6.45, 7) is 0.358. The van der Waals surface area contributed by atoms with Crippen LogP contribution in [-0.4, -0.2) is 78.5 Å². The summed E-state index contributed by atoms with van der Waals surface area (Å²) in [4.78, 5) is 64.2. The lowest BCUT2D eigenvalue weighted by molar-refractivity contribution is -0.141. The minimum Gasteiger partial charge on any atom is -0.370 e. The number of hydrogen-bond donors (Lipinski definition) is 6. The molecule has 0 saturated carbocycles. The summed E-state index contributed by atoms with van der Waals surface area (Å²) in [5.41, 5.74) is 21.3. The SMILES string of the molecule is NC(=O)C[C@H](N)C(=O)N1CCC[C@H]1C(=O)N[C@@H](CCCN=C(N)N)C(=O)NCC=O. The van der Waals surface area contributed by atoms with Gasteiger partial charge >= 0.3 is 0 Å². The van der Waals surface area contributed by atoms with Gasteiger partial charge in [0, 0.05) is 13.1 Å². The number of amides is 4. The first-order chi connectivity index (χ1) is 14.2. The lowest BCUT2D eigenvalue weighted by Crippen LogP contribution is -2.55. The zero-order chi connectivity index (χ0) is 22.7. The maximum absolute atomic E-state index is 12.8. The van der Waals surface area contributed by atoms with Gasteiger partial charge in [-0.2, -0.15) is 0 Å². The zero-order valence-electron chi connectivity index (χ0n) is 16.7. The summed E-state index contributed by atoms with van der Waals surface area (Å²) in [6.07, 6.45) is 1.76. The molecule has 0 aliphatic carbocycles. The highest BCUT2D eigenvalue weighted by Gasteiger charge is 2.37. The van der Waals surface area contributed by atoms with Crippen LogP contribution in [0.2, 0.25) is 0 Å². The number of guanidine groups is 1. The molecule has 1 aliphatic rings. The molecule has 168 valence electrons. The molecule has 0 aromatic rings. The van der Waals surface area contributed by atoms with E-state index in [1.54, 1.807) is 0 Å². The van der Waals surface area contributed by atoms with Crippen LogP contribution in [0, 0.1) is 0 Å². The predicted molar refractivity (Wildman–Crippen MR) is 107 cm³/mol. The van der Waals surface area contributed by atoms with E-state index in [0.29, 0.717) is 32.1 Å². The molecule has 0 bridgehead atoms. The molecule has 0 aromatic carbocycles. The van der Waals surface area contributed by atoms with E-state index < -0.39 is 41.8 Å². The highest BCUT2D eigenvalue weighted by molar-refractivity contribution is 5.94. The number of nitrogens with zero attached hydrogens (tertiary/aromatic N) is 2. The largest absolute Gasteiger partial charge is 0.370 e. The van der Waals surface area contributed by atoms with Crippen LogP contribution < -0.4 is 33.6 Å². The molecule has 1 saturated heterocycles. The molecule has 1 rings (SSSR count). The number of rotatable bonds is 12. The average Bonchev–Trinajstić information content (AvgIpc) is 3.16. The molecular weight excluding hydrogens is 396 g/mol. The average molecular weight is 426 g/mol. The van der Waals surface area contributed by atoms with Gasteiger partial charge in [-0.3, -0.25) is 24.2 Å². The fraction of sp³-hybridized carbons (Fsp3) is 0.647. The Morgan fingerprint density at radius 2 is 1.90 bits per heavy atom. The topological polar surface area (TPSA) is 229 Å². The van der Waals surface area contributed by atoms with E-state index in [1.807, 2.05) is 0 Å². The van der Waals surface area contributed by atoms with E-state index in [4.69, 9.17) is 22.9 Å². The first kappa shape index (κ1) is 24.8. The number of carbonyl (C=O) groups excluding carboxylic acids is 5. The Labute approximate surface area is 173 Å². The van der Waals surface area contributed by atoms with E-state index >= 15 is 0 Å². The molecule has 13 nitrogen and oxygen atoms in total. The molecule has 10 N–H and O–H groups in total. The van der Waals surface area contributed by atoms with Crippen LogP contribution >= 0.6 is 0 Å². The minimum absolute atomic E-state index is 0.0894. The Kier molecular flexibility index (Phi) is 10.2. The number of hydrogen-bond acceptors (Lipinski definition) is 7. The van der Waals surface area contributed by atoms with Gasteiger partial charge in [-0.1, -0.05) is 0 Å². The second-order valence-corrected chi connectivity index (χ2v) is 6.89. The smallest absolute Gasteiger partial charge is 0.243 e. The second kappa shape index (κ2) is 12.4. The van der Waals surface area contributed by atoms with E-state index in [9.17, 15) is 24.0 Å². The number of likely N-dealkylation sites (tertiary alicyclic amines) is 1. The maximum Gasteiger partial charge on any atom is 0.243 e. The van der Waals surface area contributed by atoms with Crippen LogP contribution in [0.15, 0.2) is 4.99 Å². The first-order valence-corrected chi connectivity index (χ1v) is 9.58. The van der Waals surface area contributed by atoms with Gasteiger partial charge < -0.3 is 43.3 Å². The Hall–Kier alpha value is -3.22. The van der Waals surface area contributed by atoms with Gasteiger partial charge in [0.15, 0.2) is 5.96 Å². The van der Waals surface area contributed by atoms with Crippen molar-refractivity contribution < 1.29 is 24.0 Å². The molecular formula is C17H30N8O5. The Bertz CT molecular complexity index is 679. The van der Waals surface area contributed by atoms with Crippen LogP contribution in [0.5, 0.6) is 0 Å². The third-order valence-corrected chi connectivity index (χ3v) is 4.51. The fourth-order valence-electron chi connectivity index (χ4n) is 3.13. The van der Waals surface area contributed by atoms with E-state index in [2.05, 4.69) is 15.6 Å². The number of carbonyl (C=O) groups is 5. The van der Waals surface area contributed by atoms with Crippen molar-refractivity contribution >= 4 is 35.9 Å². The predicted octanol–water partition coefficient (Wildman–Crippen LogP) is -3.97. The molecule has 3 atom stereocenters. The number of nitrogens with two attached hydrogens (primary N) is 4. The summed E-state index contributed by atoms with van der Waals surface area (Å²) in [5, 5.41) is 5.01. The molecule has 0 unspecified atom stereocenters. The summed E-state index contributed by atoms with van der Waals surface area (Å²) < 4.78 is 0. The fourth-order valence-corrected chi connectivity index (χ4v) is 3.13. The van der Waals surface area contributed by atoms with Crippen molar-refractivity contribution in [3.63, 3.8) is 0 Å².